The molecule has 0 aromatic heterocycles. The summed E-state index contributed by atoms with van der Waals surface area (Å²) in [6.07, 6.45) is 0. The van der Waals surface area contributed by atoms with Crippen LogP contribution < -0.4 is 0 Å². The van der Waals surface area contributed by atoms with E-state index in [2.05, 4.69) is 0 Å². The third-order valence-corrected chi connectivity index (χ3v) is 2.43. The predicted molar refractivity (Wildman–Crippen MR) is 56.8 cm³/mol. The predicted octanol–water partition coefficient (Wildman–Crippen LogP) is 2.87. The molecule has 0 bridgehead atoms. The minimum absolute atomic E-state index is 0.218. The second-order valence-electron chi connectivity index (χ2n) is 3.61. The Kier molecular flexibility index (Phi) is 1.84. The Balaban J connectivity index is 2.95. The van der Waals surface area contributed by atoms with Gasteiger partial charge in [0.25, 0.3) is 0 Å². The Labute approximate surface area is 82.4 Å². The van der Waals surface area contributed by atoms with Gasteiger partial charge in [0.15, 0.2) is 0 Å². The summed E-state index contributed by atoms with van der Waals surface area (Å²) in [5.74, 6) is 0.469. The maximum atomic E-state index is 9.80. The van der Waals surface area contributed by atoms with E-state index in [9.17, 15) is 10.2 Å². The Hall–Kier alpha value is -1.70. The van der Waals surface area contributed by atoms with E-state index in [4.69, 9.17) is 0 Å². The van der Waals surface area contributed by atoms with Gasteiger partial charge >= 0.3 is 0 Å². The first kappa shape index (κ1) is 8.88. The summed E-state index contributed by atoms with van der Waals surface area (Å²) in [6.45, 7) is 3.73. The molecule has 0 heterocycles. The summed E-state index contributed by atoms with van der Waals surface area (Å²) in [5.41, 5.74) is 1.76. The van der Waals surface area contributed by atoms with Gasteiger partial charge in [-0.1, -0.05) is 17.7 Å². The fraction of sp³-hybridized carbons (Fsp3) is 0.167. The first-order chi connectivity index (χ1) is 6.59. The van der Waals surface area contributed by atoms with Gasteiger partial charge in [-0.15, -0.1) is 0 Å². The summed E-state index contributed by atoms with van der Waals surface area (Å²) in [7, 11) is 0. The summed E-state index contributed by atoms with van der Waals surface area (Å²) in [6, 6.07) is 7.18. The number of benzene rings is 2. The number of phenolic OH excluding ortho intramolecular Hbond substituents is 2. The molecule has 0 spiro atoms. The zero-order chi connectivity index (χ0) is 10.3. The van der Waals surface area contributed by atoms with Crippen LogP contribution in [0.15, 0.2) is 24.3 Å². The van der Waals surface area contributed by atoms with Gasteiger partial charge in [0.1, 0.15) is 11.5 Å². The number of aromatic hydroxyl groups is 2. The molecule has 0 atom stereocenters. The van der Waals surface area contributed by atoms with Gasteiger partial charge in [-0.25, -0.2) is 0 Å². The fourth-order valence-electron chi connectivity index (χ4n) is 1.64. The van der Waals surface area contributed by atoms with Gasteiger partial charge in [-0.3, -0.25) is 0 Å². The van der Waals surface area contributed by atoms with E-state index in [-0.39, 0.29) is 11.5 Å². The smallest absolute Gasteiger partial charge is 0.126 e. The third kappa shape index (κ3) is 1.20. The highest BCUT2D eigenvalue weighted by Gasteiger charge is 2.07. The molecular formula is C12H12O2. The molecule has 2 rings (SSSR count). The van der Waals surface area contributed by atoms with Crippen molar-refractivity contribution < 1.29 is 10.2 Å². The molecule has 2 aromatic carbocycles. The van der Waals surface area contributed by atoms with Gasteiger partial charge in [0.05, 0.1) is 0 Å². The first-order valence-electron chi connectivity index (χ1n) is 4.51. The Bertz CT molecular complexity index is 501. The second kappa shape index (κ2) is 2.91. The fourth-order valence-corrected chi connectivity index (χ4v) is 1.64. The molecule has 2 heteroatoms. The summed E-state index contributed by atoms with van der Waals surface area (Å²) in [5, 5.41) is 20.9. The third-order valence-electron chi connectivity index (χ3n) is 2.43. The largest absolute Gasteiger partial charge is 0.507 e. The van der Waals surface area contributed by atoms with E-state index < -0.39 is 0 Å². The monoisotopic (exact) mass is 188 g/mol. The van der Waals surface area contributed by atoms with Crippen molar-refractivity contribution in [3.8, 4) is 11.5 Å². The van der Waals surface area contributed by atoms with E-state index in [0.29, 0.717) is 16.3 Å². The molecule has 0 aliphatic heterocycles. The van der Waals surface area contributed by atoms with E-state index in [1.165, 1.54) is 0 Å². The maximum Gasteiger partial charge on any atom is 0.126 e. The molecule has 0 saturated heterocycles. The molecule has 0 aliphatic rings. The van der Waals surface area contributed by atoms with E-state index >= 15 is 0 Å². The lowest BCUT2D eigenvalue weighted by molar-refractivity contribution is 0.466. The topological polar surface area (TPSA) is 40.5 Å². The van der Waals surface area contributed by atoms with E-state index in [1.54, 1.807) is 13.0 Å². The molecule has 0 radical (unpaired) electrons. The zero-order valence-electron chi connectivity index (χ0n) is 8.20. The molecule has 0 aliphatic carbocycles. The van der Waals surface area contributed by atoms with Crippen LogP contribution in [0.25, 0.3) is 10.8 Å². The van der Waals surface area contributed by atoms with Crippen molar-refractivity contribution in [2.45, 2.75) is 13.8 Å². The number of fused-ring (bicyclic) bond motifs is 1. The Morgan fingerprint density at radius 3 is 2.36 bits per heavy atom. The normalized spacial score (nSPS) is 10.7. The lowest BCUT2D eigenvalue weighted by Crippen LogP contribution is -1.81. The number of hydrogen-bond acceptors (Lipinski definition) is 2. The van der Waals surface area contributed by atoms with E-state index in [1.807, 2.05) is 25.1 Å². The van der Waals surface area contributed by atoms with Gasteiger partial charge in [0, 0.05) is 10.8 Å². The van der Waals surface area contributed by atoms with Crippen molar-refractivity contribution in [2.75, 3.05) is 0 Å². The van der Waals surface area contributed by atoms with Gasteiger partial charge in [0.2, 0.25) is 0 Å². The van der Waals surface area contributed by atoms with Crippen LogP contribution in [0.5, 0.6) is 11.5 Å². The quantitative estimate of drug-likeness (QED) is 0.624. The highest BCUT2D eigenvalue weighted by Crippen LogP contribution is 2.35. The molecule has 0 fully saturated rings. The molecule has 2 nitrogen and oxygen atoms in total. The minimum Gasteiger partial charge on any atom is -0.507 e. The van der Waals surface area contributed by atoms with Crippen molar-refractivity contribution in [1.82, 2.24) is 0 Å². The van der Waals surface area contributed by atoms with E-state index in [0.717, 1.165) is 5.56 Å². The molecule has 0 amide bonds. The van der Waals surface area contributed by atoms with Crippen LogP contribution in [-0.2, 0) is 0 Å². The molecule has 72 valence electrons. The molecule has 0 unspecified atom stereocenters. The standard InChI is InChI=1S/C12H12O2/c1-7-3-4-9-10(5-7)12(14)8(2)6-11(9)13/h3-6,13-14H,1-2H3. The van der Waals surface area contributed by atoms with Gasteiger partial charge in [-0.05, 0) is 31.5 Å². The maximum absolute atomic E-state index is 9.80. The molecule has 0 saturated carbocycles. The number of phenols is 2. The number of rotatable bonds is 0. The summed E-state index contributed by atoms with van der Waals surface area (Å²) >= 11 is 0. The molecule has 14 heavy (non-hydrogen) atoms. The average Bonchev–Trinajstić information content (AvgIpc) is 2.14. The highest BCUT2D eigenvalue weighted by molar-refractivity contribution is 5.94. The molecule has 2 N–H and O–H groups in total. The van der Waals surface area contributed by atoms with Crippen LogP contribution in [0.1, 0.15) is 11.1 Å². The lowest BCUT2D eigenvalue weighted by Gasteiger charge is -2.07. The van der Waals surface area contributed by atoms with Crippen LogP contribution in [-0.4, -0.2) is 10.2 Å². The first-order valence-corrected chi connectivity index (χ1v) is 4.51. The summed E-state index contributed by atoms with van der Waals surface area (Å²) < 4.78 is 0. The number of aryl methyl sites for hydroxylation is 2. The van der Waals surface area contributed by atoms with Crippen LogP contribution >= 0.6 is 0 Å². The molecule has 2 aromatic rings. The van der Waals surface area contributed by atoms with Crippen molar-refractivity contribution in [3.05, 3.63) is 35.4 Å². The summed E-state index contributed by atoms with van der Waals surface area (Å²) in [4.78, 5) is 0. The van der Waals surface area contributed by atoms with Gasteiger partial charge < -0.3 is 10.2 Å². The van der Waals surface area contributed by atoms with Crippen LogP contribution in [0, 0.1) is 13.8 Å². The highest BCUT2D eigenvalue weighted by atomic mass is 16.3. The Morgan fingerprint density at radius 1 is 0.929 bits per heavy atom. The number of hydrogen-bond donors (Lipinski definition) is 2. The van der Waals surface area contributed by atoms with Crippen molar-refractivity contribution in [1.29, 1.82) is 0 Å². The van der Waals surface area contributed by atoms with Crippen LogP contribution in [0.3, 0.4) is 0 Å². The van der Waals surface area contributed by atoms with Crippen molar-refractivity contribution >= 4 is 10.8 Å². The average molecular weight is 188 g/mol. The van der Waals surface area contributed by atoms with Gasteiger partial charge in [-0.2, -0.15) is 0 Å². The second-order valence-corrected chi connectivity index (χ2v) is 3.61. The Morgan fingerprint density at radius 2 is 1.64 bits per heavy atom. The van der Waals surface area contributed by atoms with Crippen LogP contribution in [0.4, 0.5) is 0 Å². The van der Waals surface area contributed by atoms with Crippen LogP contribution in [0.2, 0.25) is 0 Å². The molecular weight excluding hydrogens is 176 g/mol. The zero-order valence-corrected chi connectivity index (χ0v) is 8.20. The minimum atomic E-state index is 0.218. The lowest BCUT2D eigenvalue weighted by atomic mass is 10.0. The van der Waals surface area contributed by atoms with Crippen molar-refractivity contribution in [3.63, 3.8) is 0 Å². The SMILES string of the molecule is Cc1ccc2c(O)cc(C)c(O)c2c1. The van der Waals surface area contributed by atoms with Crippen molar-refractivity contribution in [2.24, 2.45) is 0 Å².